The van der Waals surface area contributed by atoms with Crippen molar-refractivity contribution in [2.45, 2.75) is 32.0 Å². The number of hydrogen-bond acceptors (Lipinski definition) is 5. The summed E-state index contributed by atoms with van der Waals surface area (Å²) in [6, 6.07) is 11.2. The average Bonchev–Trinajstić information content (AvgIpc) is 3.12. The van der Waals surface area contributed by atoms with Crippen molar-refractivity contribution in [3.05, 3.63) is 64.7 Å². The van der Waals surface area contributed by atoms with E-state index in [2.05, 4.69) is 20.8 Å². The number of aromatic nitrogens is 3. The first-order valence-electron chi connectivity index (χ1n) is 9.52. The maximum atomic E-state index is 13.7. The van der Waals surface area contributed by atoms with Gasteiger partial charge in [-0.2, -0.15) is 0 Å². The Bertz CT molecular complexity index is 1110. The van der Waals surface area contributed by atoms with Crippen molar-refractivity contribution in [2.24, 2.45) is 0 Å². The maximum Gasteiger partial charge on any atom is 0.234 e. The lowest BCUT2D eigenvalue weighted by molar-refractivity contribution is -0.116. The molecule has 0 aliphatic rings. The van der Waals surface area contributed by atoms with Gasteiger partial charge in [-0.1, -0.05) is 41.6 Å². The molecule has 0 saturated carbocycles. The van der Waals surface area contributed by atoms with Crippen LogP contribution in [-0.2, 0) is 22.6 Å². The van der Waals surface area contributed by atoms with Crippen LogP contribution in [0.15, 0.2) is 47.6 Å². The molecule has 10 heteroatoms. The van der Waals surface area contributed by atoms with Crippen LogP contribution in [0, 0.1) is 12.7 Å². The van der Waals surface area contributed by atoms with Crippen molar-refractivity contribution in [2.75, 3.05) is 16.4 Å². The van der Waals surface area contributed by atoms with Gasteiger partial charge in [-0.05, 0) is 43.7 Å². The molecule has 31 heavy (non-hydrogen) atoms. The van der Waals surface area contributed by atoms with Crippen molar-refractivity contribution >= 4 is 46.6 Å². The quantitative estimate of drug-likeness (QED) is 0.488. The second-order valence-corrected chi connectivity index (χ2v) is 8.00. The minimum atomic E-state index is -0.509. The molecule has 2 amide bonds. The number of rotatable bonds is 8. The molecule has 162 valence electrons. The molecule has 2 N–H and O–H groups in total. The number of thioether (sulfide) groups is 1. The summed E-state index contributed by atoms with van der Waals surface area (Å²) in [6.45, 7) is 4.29. The van der Waals surface area contributed by atoms with Crippen LogP contribution in [0.1, 0.15) is 18.3 Å². The number of halogens is 2. The molecule has 0 unspecified atom stereocenters. The highest BCUT2D eigenvalue weighted by Gasteiger charge is 2.17. The molecule has 0 bridgehead atoms. The van der Waals surface area contributed by atoms with Crippen LogP contribution >= 0.6 is 23.4 Å². The molecule has 0 radical (unpaired) electrons. The van der Waals surface area contributed by atoms with Crippen molar-refractivity contribution in [3.8, 4) is 0 Å². The largest absolute Gasteiger partial charge is 0.325 e. The fourth-order valence-electron chi connectivity index (χ4n) is 2.77. The second kappa shape index (κ2) is 10.4. The van der Waals surface area contributed by atoms with Crippen LogP contribution in [0.25, 0.3) is 0 Å². The smallest absolute Gasteiger partial charge is 0.234 e. The van der Waals surface area contributed by atoms with Crippen LogP contribution in [0.2, 0.25) is 5.02 Å². The molecule has 1 aromatic heterocycles. The minimum absolute atomic E-state index is 0.0657. The summed E-state index contributed by atoms with van der Waals surface area (Å²) in [6.07, 6.45) is -0.0657. The minimum Gasteiger partial charge on any atom is -0.325 e. The van der Waals surface area contributed by atoms with E-state index in [1.54, 1.807) is 28.8 Å². The third kappa shape index (κ3) is 6.05. The number of carbonyl (C=O) groups is 2. The third-order valence-corrected chi connectivity index (χ3v) is 5.74. The van der Waals surface area contributed by atoms with E-state index in [0.717, 1.165) is 5.56 Å². The lowest BCUT2D eigenvalue weighted by Gasteiger charge is -2.09. The molecule has 0 aliphatic heterocycles. The van der Waals surface area contributed by atoms with Gasteiger partial charge in [0.05, 0.1) is 17.9 Å². The Morgan fingerprint density at radius 1 is 1.13 bits per heavy atom. The normalized spacial score (nSPS) is 10.7. The molecule has 0 spiro atoms. The number of carbonyl (C=O) groups excluding carboxylic acids is 2. The fraction of sp³-hybridized carbons (Fsp3) is 0.238. The van der Waals surface area contributed by atoms with Gasteiger partial charge < -0.3 is 15.2 Å². The van der Waals surface area contributed by atoms with Crippen LogP contribution in [0.4, 0.5) is 15.8 Å². The Kier molecular flexibility index (Phi) is 7.64. The van der Waals surface area contributed by atoms with E-state index in [1.165, 1.54) is 23.9 Å². The number of benzene rings is 2. The van der Waals surface area contributed by atoms with Crippen LogP contribution in [0.5, 0.6) is 0 Å². The highest BCUT2D eigenvalue weighted by atomic mass is 35.5. The van der Waals surface area contributed by atoms with Crippen LogP contribution < -0.4 is 10.6 Å². The first-order chi connectivity index (χ1) is 14.9. The van der Waals surface area contributed by atoms with Crippen molar-refractivity contribution < 1.29 is 14.0 Å². The van der Waals surface area contributed by atoms with E-state index in [0.29, 0.717) is 28.2 Å². The predicted octanol–water partition coefficient (Wildman–Crippen LogP) is 4.31. The third-order valence-electron chi connectivity index (χ3n) is 4.36. The molecular weight excluding hydrogens is 441 g/mol. The number of aryl methyl sites for hydroxylation is 1. The fourth-order valence-corrected chi connectivity index (χ4v) is 3.77. The zero-order valence-electron chi connectivity index (χ0n) is 17.0. The molecule has 3 aromatic rings. The standard InChI is InChI=1S/C21H21ClFN5O2S/c1-3-28-18(11-19(29)25-17-7-5-4-6-16(17)23)26-27-21(28)31-12-20(30)24-14-9-8-13(2)15(22)10-14/h4-10H,3,11-12H2,1-2H3,(H,24,30)(H,25,29). The van der Waals surface area contributed by atoms with Crippen LogP contribution in [0.3, 0.4) is 0 Å². The van der Waals surface area contributed by atoms with Gasteiger partial charge in [-0.15, -0.1) is 10.2 Å². The summed E-state index contributed by atoms with van der Waals surface area (Å²) >= 11 is 7.30. The van der Waals surface area contributed by atoms with Gasteiger partial charge in [-0.3, -0.25) is 9.59 Å². The Hall–Kier alpha value is -2.91. The number of nitrogens with one attached hydrogen (secondary N) is 2. The number of amides is 2. The van der Waals surface area contributed by atoms with E-state index in [1.807, 2.05) is 19.9 Å². The van der Waals surface area contributed by atoms with E-state index in [9.17, 15) is 14.0 Å². The highest BCUT2D eigenvalue weighted by Crippen LogP contribution is 2.22. The van der Waals surface area contributed by atoms with Crippen LogP contribution in [-0.4, -0.2) is 32.3 Å². The number of anilines is 2. The van der Waals surface area contributed by atoms with E-state index in [4.69, 9.17) is 11.6 Å². The first kappa shape index (κ1) is 22.8. The van der Waals surface area contributed by atoms with Gasteiger partial charge >= 0.3 is 0 Å². The summed E-state index contributed by atoms with van der Waals surface area (Å²) < 4.78 is 15.5. The maximum absolute atomic E-state index is 13.7. The second-order valence-electron chi connectivity index (χ2n) is 6.65. The Labute approximate surface area is 188 Å². The van der Waals surface area contributed by atoms with Gasteiger partial charge in [0.25, 0.3) is 0 Å². The molecule has 0 saturated heterocycles. The Morgan fingerprint density at radius 2 is 1.90 bits per heavy atom. The molecule has 2 aromatic carbocycles. The van der Waals surface area contributed by atoms with E-state index < -0.39 is 11.7 Å². The summed E-state index contributed by atoms with van der Waals surface area (Å²) in [5.41, 5.74) is 1.65. The van der Waals surface area contributed by atoms with Crippen molar-refractivity contribution in [1.29, 1.82) is 0 Å². The monoisotopic (exact) mass is 461 g/mol. The van der Waals surface area contributed by atoms with Gasteiger partial charge in [0, 0.05) is 17.3 Å². The lowest BCUT2D eigenvalue weighted by atomic mass is 10.2. The number of hydrogen-bond donors (Lipinski definition) is 2. The zero-order chi connectivity index (χ0) is 22.4. The summed E-state index contributed by atoms with van der Waals surface area (Å²) in [5.74, 6) is -0.577. The molecule has 0 atom stereocenters. The predicted molar refractivity (Wildman–Crippen MR) is 120 cm³/mol. The molecule has 0 fully saturated rings. The summed E-state index contributed by atoms with van der Waals surface area (Å²) in [7, 11) is 0. The summed E-state index contributed by atoms with van der Waals surface area (Å²) in [4.78, 5) is 24.6. The summed E-state index contributed by atoms with van der Waals surface area (Å²) in [5, 5.41) is 14.6. The zero-order valence-corrected chi connectivity index (χ0v) is 18.6. The van der Waals surface area contributed by atoms with Gasteiger partial charge in [0.15, 0.2) is 5.16 Å². The molecule has 3 rings (SSSR count). The number of nitrogens with zero attached hydrogens (tertiary/aromatic N) is 3. The van der Waals surface area contributed by atoms with Gasteiger partial charge in [-0.25, -0.2) is 4.39 Å². The highest BCUT2D eigenvalue weighted by molar-refractivity contribution is 7.99. The molecule has 1 heterocycles. The Morgan fingerprint density at radius 3 is 2.61 bits per heavy atom. The van der Waals surface area contributed by atoms with E-state index >= 15 is 0 Å². The number of para-hydroxylation sites is 1. The van der Waals surface area contributed by atoms with Crippen molar-refractivity contribution in [3.63, 3.8) is 0 Å². The molecule has 7 nitrogen and oxygen atoms in total. The van der Waals surface area contributed by atoms with E-state index in [-0.39, 0.29) is 23.8 Å². The SMILES string of the molecule is CCn1c(CC(=O)Nc2ccccc2F)nnc1SCC(=O)Nc1ccc(C)c(Cl)c1. The van der Waals surface area contributed by atoms with Gasteiger partial charge in [0.1, 0.15) is 11.6 Å². The average molecular weight is 462 g/mol. The van der Waals surface area contributed by atoms with Gasteiger partial charge in [0.2, 0.25) is 11.8 Å². The Balaban J connectivity index is 1.59. The topological polar surface area (TPSA) is 88.9 Å². The lowest BCUT2D eigenvalue weighted by Crippen LogP contribution is -2.18. The first-order valence-corrected chi connectivity index (χ1v) is 10.9. The molecular formula is C21H21ClFN5O2S. The van der Waals surface area contributed by atoms with Crippen molar-refractivity contribution in [1.82, 2.24) is 14.8 Å². The molecule has 0 aliphatic carbocycles.